The van der Waals surface area contributed by atoms with Crippen LogP contribution in [0, 0.1) is 11.3 Å². The molecule has 1 heterocycles. The van der Waals surface area contributed by atoms with Crippen LogP contribution in [0.1, 0.15) is 5.56 Å². The van der Waals surface area contributed by atoms with Crippen molar-refractivity contribution in [3.8, 4) is 6.07 Å². The molecule has 1 rings (SSSR count). The lowest BCUT2D eigenvalue weighted by Gasteiger charge is -1.97. The van der Waals surface area contributed by atoms with Crippen LogP contribution in [-0.2, 0) is 0 Å². The number of rotatable bonds is 1. The second-order valence-electron chi connectivity index (χ2n) is 2.09. The Hall–Kier alpha value is -1.34. The summed E-state index contributed by atoms with van der Waals surface area (Å²) in [4.78, 5) is 3.90. The third-order valence-electron chi connectivity index (χ3n) is 1.25. The molecule has 0 bridgehead atoms. The lowest BCUT2D eigenvalue weighted by Crippen LogP contribution is -1.92. The predicted octanol–water partition coefficient (Wildman–Crippen LogP) is 1.96. The Morgan fingerprint density at radius 3 is 3.08 bits per heavy atom. The van der Waals surface area contributed by atoms with Crippen molar-refractivity contribution >= 4 is 27.8 Å². The summed E-state index contributed by atoms with van der Waals surface area (Å²) in [6.45, 7) is 0. The molecule has 0 saturated heterocycles. The van der Waals surface area contributed by atoms with E-state index >= 15 is 0 Å². The van der Waals surface area contributed by atoms with Crippen LogP contribution in [0.2, 0.25) is 0 Å². The van der Waals surface area contributed by atoms with Crippen molar-refractivity contribution in [2.75, 3.05) is 5.73 Å². The van der Waals surface area contributed by atoms with Crippen molar-refractivity contribution in [1.29, 1.82) is 5.26 Å². The Morgan fingerprint density at radius 2 is 2.42 bits per heavy atom. The second-order valence-corrected chi connectivity index (χ2v) is 3.01. The summed E-state index contributed by atoms with van der Waals surface area (Å²) in [6, 6.07) is 3.69. The van der Waals surface area contributed by atoms with E-state index in [2.05, 4.69) is 20.9 Å². The average Bonchev–Trinajstić information content (AvgIpc) is 2.07. The summed E-state index contributed by atoms with van der Waals surface area (Å²) in [5.74, 6) is 0.421. The van der Waals surface area contributed by atoms with Gasteiger partial charge in [-0.25, -0.2) is 4.98 Å². The van der Waals surface area contributed by atoms with E-state index in [0.717, 1.165) is 10.0 Å². The quantitative estimate of drug-likeness (QED) is 0.741. The molecule has 0 aliphatic carbocycles. The van der Waals surface area contributed by atoms with Gasteiger partial charge < -0.3 is 5.73 Å². The van der Waals surface area contributed by atoms with Crippen LogP contribution in [-0.4, -0.2) is 4.98 Å². The van der Waals surface area contributed by atoms with Crippen LogP contribution in [0.3, 0.4) is 0 Å². The van der Waals surface area contributed by atoms with Crippen molar-refractivity contribution in [3.63, 3.8) is 0 Å². The molecule has 3 nitrogen and oxygen atoms in total. The minimum Gasteiger partial charge on any atom is -0.383 e. The minimum absolute atomic E-state index is 0.421. The fraction of sp³-hybridized carbons (Fsp3) is 0. The van der Waals surface area contributed by atoms with E-state index in [1.54, 1.807) is 18.3 Å². The molecule has 0 radical (unpaired) electrons. The molecule has 0 amide bonds. The van der Waals surface area contributed by atoms with E-state index in [-0.39, 0.29) is 0 Å². The lowest BCUT2D eigenvalue weighted by molar-refractivity contribution is 1.31. The Kier molecular flexibility index (Phi) is 2.83. The summed E-state index contributed by atoms with van der Waals surface area (Å²) in [6.07, 6.45) is 4.59. The Bertz CT molecular complexity index is 352. The molecule has 0 atom stereocenters. The largest absolute Gasteiger partial charge is 0.383 e. The van der Waals surface area contributed by atoms with Crippen LogP contribution in [0.25, 0.3) is 6.08 Å². The lowest BCUT2D eigenvalue weighted by atomic mass is 10.2. The maximum atomic E-state index is 8.28. The topological polar surface area (TPSA) is 62.7 Å². The van der Waals surface area contributed by atoms with Gasteiger partial charge in [0.15, 0.2) is 0 Å². The number of hydrogen-bond donors (Lipinski definition) is 1. The summed E-state index contributed by atoms with van der Waals surface area (Å²) in [5.41, 5.74) is 6.28. The normalized spacial score (nSPS) is 10.0. The molecular weight excluding hydrogens is 218 g/mol. The number of nitriles is 1. The maximum Gasteiger partial charge on any atom is 0.130 e. The molecule has 0 aliphatic heterocycles. The molecule has 2 N–H and O–H groups in total. The van der Waals surface area contributed by atoms with Crippen LogP contribution < -0.4 is 5.73 Å². The zero-order valence-corrected chi connectivity index (χ0v) is 7.75. The molecule has 12 heavy (non-hydrogen) atoms. The van der Waals surface area contributed by atoms with Crippen molar-refractivity contribution in [1.82, 2.24) is 4.98 Å². The van der Waals surface area contributed by atoms with Crippen LogP contribution >= 0.6 is 15.9 Å². The van der Waals surface area contributed by atoms with Gasteiger partial charge in [0, 0.05) is 22.3 Å². The van der Waals surface area contributed by atoms with Crippen LogP contribution in [0.5, 0.6) is 0 Å². The Morgan fingerprint density at radius 1 is 1.67 bits per heavy atom. The standard InChI is InChI=1S/C8H6BrN3/c9-7-4-6(2-1-3-10)8(11)12-5-7/h1-2,4-5H,(H2,11,12). The summed E-state index contributed by atoms with van der Waals surface area (Å²) in [7, 11) is 0. The van der Waals surface area contributed by atoms with Gasteiger partial charge >= 0.3 is 0 Å². The number of nitrogens with two attached hydrogens (primary N) is 1. The van der Waals surface area contributed by atoms with E-state index < -0.39 is 0 Å². The molecule has 60 valence electrons. The van der Waals surface area contributed by atoms with Crippen molar-refractivity contribution < 1.29 is 0 Å². The number of allylic oxidation sites excluding steroid dienone is 1. The van der Waals surface area contributed by atoms with Crippen LogP contribution in [0.15, 0.2) is 22.8 Å². The molecule has 1 aromatic rings. The van der Waals surface area contributed by atoms with E-state index in [1.807, 2.05) is 6.07 Å². The summed E-state index contributed by atoms with van der Waals surface area (Å²) >= 11 is 3.25. The number of nitrogen functional groups attached to an aromatic ring is 1. The van der Waals surface area contributed by atoms with Gasteiger partial charge in [0.25, 0.3) is 0 Å². The predicted molar refractivity (Wildman–Crippen MR) is 51.0 cm³/mol. The molecule has 0 unspecified atom stereocenters. The third kappa shape index (κ3) is 2.07. The van der Waals surface area contributed by atoms with Crippen molar-refractivity contribution in [3.05, 3.63) is 28.4 Å². The minimum atomic E-state index is 0.421. The molecule has 0 fully saturated rings. The number of nitrogens with zero attached hydrogens (tertiary/aromatic N) is 2. The fourth-order valence-corrected chi connectivity index (χ4v) is 1.08. The Labute approximate surface area is 78.7 Å². The number of pyridine rings is 1. The highest BCUT2D eigenvalue weighted by molar-refractivity contribution is 9.10. The SMILES string of the molecule is N#CC=Cc1cc(Br)cnc1N. The number of halogens is 1. The number of anilines is 1. The van der Waals surface area contributed by atoms with Gasteiger partial charge in [0.05, 0.1) is 6.07 Å². The van der Waals surface area contributed by atoms with Gasteiger partial charge in [-0.2, -0.15) is 5.26 Å². The molecule has 1 aromatic heterocycles. The van der Waals surface area contributed by atoms with Gasteiger partial charge in [0.2, 0.25) is 0 Å². The molecule has 0 saturated carbocycles. The second kappa shape index (κ2) is 3.88. The zero-order chi connectivity index (χ0) is 8.97. The van der Waals surface area contributed by atoms with E-state index in [9.17, 15) is 0 Å². The highest BCUT2D eigenvalue weighted by Gasteiger charge is 1.96. The van der Waals surface area contributed by atoms with E-state index in [0.29, 0.717) is 5.82 Å². The average molecular weight is 224 g/mol. The number of hydrogen-bond acceptors (Lipinski definition) is 3. The van der Waals surface area contributed by atoms with Gasteiger partial charge in [-0.05, 0) is 28.1 Å². The summed E-state index contributed by atoms with van der Waals surface area (Å²) < 4.78 is 0.842. The monoisotopic (exact) mass is 223 g/mol. The van der Waals surface area contributed by atoms with Gasteiger partial charge in [0.1, 0.15) is 5.82 Å². The summed E-state index contributed by atoms with van der Waals surface area (Å²) in [5, 5.41) is 8.28. The first-order valence-corrected chi connectivity index (χ1v) is 4.00. The molecule has 4 heteroatoms. The Balaban J connectivity index is 3.07. The number of aromatic nitrogens is 1. The van der Waals surface area contributed by atoms with Gasteiger partial charge in [-0.1, -0.05) is 0 Å². The molecule has 0 aliphatic rings. The highest BCUT2D eigenvalue weighted by atomic mass is 79.9. The van der Waals surface area contributed by atoms with E-state index in [4.69, 9.17) is 11.0 Å². The first kappa shape index (κ1) is 8.75. The smallest absolute Gasteiger partial charge is 0.130 e. The molecule has 0 aromatic carbocycles. The third-order valence-corrected chi connectivity index (χ3v) is 1.69. The first-order chi connectivity index (χ1) is 5.74. The van der Waals surface area contributed by atoms with E-state index in [1.165, 1.54) is 6.08 Å². The zero-order valence-electron chi connectivity index (χ0n) is 6.16. The molecule has 0 spiro atoms. The maximum absolute atomic E-state index is 8.28. The highest BCUT2D eigenvalue weighted by Crippen LogP contribution is 2.16. The van der Waals surface area contributed by atoms with Gasteiger partial charge in [-0.15, -0.1) is 0 Å². The van der Waals surface area contributed by atoms with Crippen LogP contribution in [0.4, 0.5) is 5.82 Å². The fourth-order valence-electron chi connectivity index (χ4n) is 0.726. The van der Waals surface area contributed by atoms with Crippen molar-refractivity contribution in [2.45, 2.75) is 0 Å². The van der Waals surface area contributed by atoms with Gasteiger partial charge in [-0.3, -0.25) is 0 Å². The molecular formula is C8H6BrN3. The van der Waals surface area contributed by atoms with Crippen molar-refractivity contribution in [2.24, 2.45) is 0 Å². The first-order valence-electron chi connectivity index (χ1n) is 3.21.